The van der Waals surface area contributed by atoms with Crippen molar-refractivity contribution in [1.82, 2.24) is 4.98 Å². The second-order valence-electron chi connectivity index (χ2n) is 3.76. The third kappa shape index (κ3) is 3.41. The van der Waals surface area contributed by atoms with Gasteiger partial charge in [0.05, 0.1) is 11.9 Å². The van der Waals surface area contributed by atoms with E-state index in [1.54, 1.807) is 31.3 Å². The van der Waals surface area contributed by atoms with Crippen molar-refractivity contribution in [2.45, 2.75) is 0 Å². The summed E-state index contributed by atoms with van der Waals surface area (Å²) in [5.41, 5.74) is 1.25. The van der Waals surface area contributed by atoms with Crippen LogP contribution < -0.4 is 16.0 Å². The van der Waals surface area contributed by atoms with E-state index in [0.717, 1.165) is 0 Å². The van der Waals surface area contributed by atoms with Crippen molar-refractivity contribution in [3.8, 4) is 0 Å². The third-order valence-corrected chi connectivity index (χ3v) is 2.41. The van der Waals surface area contributed by atoms with Crippen molar-refractivity contribution in [3.05, 3.63) is 48.5 Å². The molecule has 0 aliphatic rings. The number of benzene rings is 1. The Labute approximate surface area is 109 Å². The Morgan fingerprint density at radius 2 is 1.89 bits per heavy atom. The van der Waals surface area contributed by atoms with E-state index in [1.807, 2.05) is 6.07 Å². The molecule has 19 heavy (non-hydrogen) atoms. The van der Waals surface area contributed by atoms with Gasteiger partial charge < -0.3 is 16.0 Å². The minimum atomic E-state index is -0.734. The number of hydrogen-bond acceptors (Lipinski definition) is 3. The lowest BCUT2D eigenvalue weighted by molar-refractivity contribution is 0.262. The van der Waals surface area contributed by atoms with E-state index < -0.39 is 12.0 Å². The number of amides is 2. The molecule has 2 amide bonds. The largest absolute Gasteiger partial charge is 0.387 e. The molecule has 0 spiro atoms. The zero-order valence-corrected chi connectivity index (χ0v) is 10.3. The number of carbonyl (C=O) groups excluding carboxylic acids is 1. The fraction of sp³-hybridized carbons (Fsp3) is 0.0769. The molecular weight excluding hydrogens is 247 g/mol. The molecule has 1 heterocycles. The first-order chi connectivity index (χ1) is 9.19. The number of nitrogens with one attached hydrogen (secondary N) is 3. The molecule has 1 aromatic carbocycles. The summed E-state index contributed by atoms with van der Waals surface area (Å²) >= 11 is 0. The van der Waals surface area contributed by atoms with Crippen LogP contribution in [-0.4, -0.2) is 18.1 Å². The van der Waals surface area contributed by atoms with Gasteiger partial charge in [-0.1, -0.05) is 18.2 Å². The molecule has 98 valence electrons. The van der Waals surface area contributed by atoms with E-state index in [4.69, 9.17) is 0 Å². The number of anilines is 3. The van der Waals surface area contributed by atoms with E-state index in [9.17, 15) is 9.18 Å². The van der Waals surface area contributed by atoms with Crippen LogP contribution in [0.1, 0.15) is 0 Å². The molecule has 2 aromatic rings. The first-order valence-corrected chi connectivity index (χ1v) is 5.65. The topological polar surface area (TPSA) is 66.0 Å². The van der Waals surface area contributed by atoms with Crippen molar-refractivity contribution in [2.75, 3.05) is 23.0 Å². The maximum Gasteiger partial charge on any atom is 0.323 e. The van der Waals surface area contributed by atoms with Gasteiger partial charge in [0.2, 0.25) is 5.95 Å². The summed E-state index contributed by atoms with van der Waals surface area (Å²) in [5, 5.41) is 7.81. The second kappa shape index (κ2) is 5.81. The smallest absolute Gasteiger partial charge is 0.323 e. The highest BCUT2D eigenvalue weighted by Crippen LogP contribution is 2.17. The molecule has 0 aliphatic carbocycles. The fourth-order valence-corrected chi connectivity index (χ4v) is 1.48. The van der Waals surface area contributed by atoms with E-state index >= 15 is 0 Å². The van der Waals surface area contributed by atoms with Crippen molar-refractivity contribution >= 4 is 23.1 Å². The zero-order chi connectivity index (χ0) is 13.7. The highest BCUT2D eigenvalue weighted by Gasteiger charge is 2.08. The van der Waals surface area contributed by atoms with Gasteiger partial charge in [0.15, 0.2) is 0 Å². The molecule has 0 unspecified atom stereocenters. The van der Waals surface area contributed by atoms with Gasteiger partial charge >= 0.3 is 6.03 Å². The fourth-order valence-electron chi connectivity index (χ4n) is 1.48. The first kappa shape index (κ1) is 12.8. The SMILES string of the molecule is CNc1cnc(F)c(NC(=O)Nc2ccccc2)c1. The standard InChI is InChI=1S/C13H13FN4O/c1-15-10-7-11(12(14)16-8-10)18-13(19)17-9-5-3-2-4-6-9/h2-8,15H,1H3,(H2,17,18,19). The van der Waals surface area contributed by atoms with Gasteiger partial charge in [0.25, 0.3) is 0 Å². The van der Waals surface area contributed by atoms with E-state index in [1.165, 1.54) is 12.3 Å². The van der Waals surface area contributed by atoms with Gasteiger partial charge in [-0.3, -0.25) is 0 Å². The Balaban J connectivity index is 2.06. The van der Waals surface area contributed by atoms with Crippen molar-refractivity contribution in [1.29, 1.82) is 0 Å². The number of aromatic nitrogens is 1. The van der Waals surface area contributed by atoms with Gasteiger partial charge in [-0.15, -0.1) is 0 Å². The summed E-state index contributed by atoms with van der Waals surface area (Å²) in [6, 6.07) is 9.82. The normalized spacial score (nSPS) is 9.79. The first-order valence-electron chi connectivity index (χ1n) is 5.65. The Morgan fingerprint density at radius 1 is 1.16 bits per heavy atom. The van der Waals surface area contributed by atoms with Crippen molar-refractivity contribution < 1.29 is 9.18 Å². The minimum Gasteiger partial charge on any atom is -0.387 e. The maximum absolute atomic E-state index is 13.4. The Morgan fingerprint density at radius 3 is 2.58 bits per heavy atom. The number of nitrogens with zero attached hydrogens (tertiary/aromatic N) is 1. The number of pyridine rings is 1. The molecule has 0 fully saturated rings. The molecule has 0 aliphatic heterocycles. The molecule has 5 nitrogen and oxygen atoms in total. The summed E-state index contributed by atoms with van der Waals surface area (Å²) < 4.78 is 13.4. The van der Waals surface area contributed by atoms with Crippen molar-refractivity contribution in [2.24, 2.45) is 0 Å². The Kier molecular flexibility index (Phi) is 3.92. The van der Waals surface area contributed by atoms with E-state index in [0.29, 0.717) is 11.4 Å². The molecular formula is C13H13FN4O. The predicted octanol–water partition coefficient (Wildman–Crippen LogP) is 2.91. The van der Waals surface area contributed by atoms with E-state index in [-0.39, 0.29) is 5.69 Å². The second-order valence-corrected chi connectivity index (χ2v) is 3.76. The van der Waals surface area contributed by atoms with Crippen LogP contribution in [0.5, 0.6) is 0 Å². The molecule has 1 aromatic heterocycles. The highest BCUT2D eigenvalue weighted by molar-refractivity contribution is 5.99. The Bertz CT molecular complexity index is 574. The lowest BCUT2D eigenvalue weighted by Gasteiger charge is -2.09. The molecule has 0 saturated heterocycles. The number of carbonyl (C=O) groups is 1. The molecule has 3 N–H and O–H groups in total. The quantitative estimate of drug-likeness (QED) is 0.743. The van der Waals surface area contributed by atoms with Gasteiger partial charge in [-0.2, -0.15) is 4.39 Å². The van der Waals surface area contributed by atoms with Crippen LogP contribution >= 0.6 is 0 Å². The van der Waals surface area contributed by atoms with Crippen LogP contribution in [0.25, 0.3) is 0 Å². The maximum atomic E-state index is 13.4. The monoisotopic (exact) mass is 260 g/mol. The summed E-state index contributed by atoms with van der Waals surface area (Å²) in [7, 11) is 1.68. The molecule has 0 saturated carbocycles. The summed E-state index contributed by atoms with van der Waals surface area (Å²) in [6.45, 7) is 0. The van der Waals surface area contributed by atoms with Crippen LogP contribution in [-0.2, 0) is 0 Å². The summed E-state index contributed by atoms with van der Waals surface area (Å²) in [5.74, 6) is -0.734. The third-order valence-electron chi connectivity index (χ3n) is 2.41. The number of halogens is 1. The highest BCUT2D eigenvalue weighted by atomic mass is 19.1. The average Bonchev–Trinajstić information content (AvgIpc) is 2.42. The van der Waals surface area contributed by atoms with Crippen LogP contribution in [0.3, 0.4) is 0 Å². The van der Waals surface area contributed by atoms with Gasteiger partial charge in [0, 0.05) is 12.7 Å². The predicted molar refractivity (Wildman–Crippen MR) is 72.8 cm³/mol. The molecule has 0 bridgehead atoms. The number of para-hydroxylation sites is 1. The number of hydrogen-bond donors (Lipinski definition) is 3. The lowest BCUT2D eigenvalue weighted by atomic mass is 10.3. The molecule has 0 atom stereocenters. The van der Waals surface area contributed by atoms with E-state index in [2.05, 4.69) is 20.9 Å². The summed E-state index contributed by atoms with van der Waals surface area (Å²) in [6.07, 6.45) is 1.34. The van der Waals surface area contributed by atoms with Crippen LogP contribution in [0, 0.1) is 5.95 Å². The van der Waals surface area contributed by atoms with Gasteiger partial charge in [-0.25, -0.2) is 9.78 Å². The zero-order valence-electron chi connectivity index (χ0n) is 10.3. The van der Waals surface area contributed by atoms with Crippen molar-refractivity contribution in [3.63, 3.8) is 0 Å². The lowest BCUT2D eigenvalue weighted by Crippen LogP contribution is -2.20. The number of rotatable bonds is 3. The van der Waals surface area contributed by atoms with Gasteiger partial charge in [-0.05, 0) is 18.2 Å². The average molecular weight is 260 g/mol. The van der Waals surface area contributed by atoms with Gasteiger partial charge in [0.1, 0.15) is 5.69 Å². The molecule has 0 radical (unpaired) electrons. The van der Waals surface area contributed by atoms with Crippen LogP contribution in [0.4, 0.5) is 26.2 Å². The minimum absolute atomic E-state index is 0.0141. The molecule has 6 heteroatoms. The van der Waals surface area contributed by atoms with Crippen LogP contribution in [0.2, 0.25) is 0 Å². The number of urea groups is 1. The summed E-state index contributed by atoms with van der Waals surface area (Å²) in [4.78, 5) is 15.2. The molecule has 2 rings (SSSR count). The van der Waals surface area contributed by atoms with Crippen LogP contribution in [0.15, 0.2) is 42.6 Å². The Hall–Kier alpha value is -2.63.